The van der Waals surface area contributed by atoms with E-state index in [0.29, 0.717) is 5.02 Å². The van der Waals surface area contributed by atoms with Gasteiger partial charge in [0.2, 0.25) is 5.91 Å². The number of nitrogens with one attached hydrogen (secondary N) is 3. The van der Waals surface area contributed by atoms with E-state index >= 15 is 0 Å². The molecule has 1 heterocycles. The Morgan fingerprint density at radius 1 is 1.10 bits per heavy atom. The molecule has 4 rings (SSSR count). The highest BCUT2D eigenvalue weighted by molar-refractivity contribution is 6.34. The van der Waals surface area contributed by atoms with Crippen LogP contribution in [-0.2, 0) is 10.3 Å². The number of nitrogens with zero attached hydrogens (tertiary/aromatic N) is 1. The molecular weight excluding hydrogens is 384 g/mol. The Morgan fingerprint density at radius 2 is 1.83 bits per heavy atom. The Kier molecular flexibility index (Phi) is 5.50. The zero-order valence-corrected chi connectivity index (χ0v) is 17.4. The highest BCUT2D eigenvalue weighted by Gasteiger charge is 2.43. The molecule has 1 aliphatic carbocycles. The second-order valence-corrected chi connectivity index (χ2v) is 8.57. The van der Waals surface area contributed by atoms with Crippen LogP contribution in [0, 0.1) is 5.41 Å². The molecule has 1 saturated carbocycles. The lowest BCUT2D eigenvalue weighted by Gasteiger charge is -2.45. The predicted molar refractivity (Wildman–Crippen MR) is 118 cm³/mol. The molecule has 152 valence electrons. The van der Waals surface area contributed by atoms with Crippen molar-refractivity contribution in [1.82, 2.24) is 10.2 Å². The number of halogens is 1. The summed E-state index contributed by atoms with van der Waals surface area (Å²) in [4.78, 5) is 14.7. The molecule has 2 aromatic rings. The number of hydrogen-bond donors (Lipinski definition) is 3. The zero-order chi connectivity index (χ0) is 20.4. The van der Waals surface area contributed by atoms with Gasteiger partial charge in [-0.3, -0.25) is 15.1 Å². The summed E-state index contributed by atoms with van der Waals surface area (Å²) in [5.74, 6) is 0.189. The van der Waals surface area contributed by atoms with E-state index in [1.54, 1.807) is 4.90 Å². The van der Waals surface area contributed by atoms with Gasteiger partial charge in [-0.15, -0.1) is 0 Å². The smallest absolute Gasteiger partial charge is 0.232 e. The van der Waals surface area contributed by atoms with Crippen molar-refractivity contribution < 1.29 is 4.79 Å². The monoisotopic (exact) mass is 410 g/mol. The summed E-state index contributed by atoms with van der Waals surface area (Å²) in [6, 6.07) is 15.8. The maximum absolute atomic E-state index is 13.1. The van der Waals surface area contributed by atoms with E-state index in [0.717, 1.165) is 42.6 Å². The van der Waals surface area contributed by atoms with Gasteiger partial charge in [-0.25, -0.2) is 0 Å². The molecule has 0 bridgehead atoms. The molecule has 6 heteroatoms. The third-order valence-corrected chi connectivity index (χ3v) is 6.40. The number of rotatable bonds is 4. The van der Waals surface area contributed by atoms with Crippen molar-refractivity contribution in [2.24, 2.45) is 0 Å². The number of para-hydroxylation sites is 1. The lowest BCUT2D eigenvalue weighted by Crippen LogP contribution is -2.62. The predicted octanol–water partition coefficient (Wildman–Crippen LogP) is 5.39. The van der Waals surface area contributed by atoms with Gasteiger partial charge in [-0.2, -0.15) is 0 Å². The number of carbonyl (C=O) groups is 1. The normalized spacial score (nSPS) is 23.0. The topological polar surface area (TPSA) is 68.2 Å². The highest BCUT2D eigenvalue weighted by Crippen LogP contribution is 2.39. The second-order valence-electron chi connectivity index (χ2n) is 8.20. The molecule has 2 fully saturated rings. The van der Waals surface area contributed by atoms with Crippen LogP contribution in [0.15, 0.2) is 48.5 Å². The summed E-state index contributed by atoms with van der Waals surface area (Å²) in [7, 11) is 0. The van der Waals surface area contributed by atoms with Gasteiger partial charge in [-0.1, -0.05) is 61.2 Å². The van der Waals surface area contributed by atoms with E-state index in [2.05, 4.69) is 10.6 Å². The highest BCUT2D eigenvalue weighted by atomic mass is 35.5. The van der Waals surface area contributed by atoms with Gasteiger partial charge < -0.3 is 10.6 Å². The molecule has 1 atom stereocenters. The lowest BCUT2D eigenvalue weighted by molar-refractivity contribution is -0.132. The average molecular weight is 411 g/mol. The fourth-order valence-electron chi connectivity index (χ4n) is 4.50. The van der Waals surface area contributed by atoms with Crippen molar-refractivity contribution in [3.8, 4) is 0 Å². The van der Waals surface area contributed by atoms with Crippen LogP contribution in [0.25, 0.3) is 0 Å². The first-order chi connectivity index (χ1) is 14.0. The Labute approximate surface area is 177 Å². The second kappa shape index (κ2) is 8.07. The number of hydrogen-bond acceptors (Lipinski definition) is 3. The molecule has 0 radical (unpaired) electrons. The Morgan fingerprint density at radius 3 is 2.52 bits per heavy atom. The number of amides is 1. The first kappa shape index (κ1) is 19.8. The number of benzene rings is 2. The van der Waals surface area contributed by atoms with Gasteiger partial charge in [0.15, 0.2) is 5.96 Å². The van der Waals surface area contributed by atoms with Gasteiger partial charge in [-0.05, 0) is 43.5 Å². The first-order valence-corrected chi connectivity index (χ1v) is 10.7. The molecule has 1 amide bonds. The molecule has 0 spiro atoms. The standard InChI is InChI=1S/C23H27ClN4O/c1-23(15-20(29)28(22(25)27-23)17-11-6-3-7-12-17)18-13-8-14-19(21(18)24)26-16-9-4-2-5-10-16/h2,4-5,8-10,13-14,17,26H,3,6-7,11-12,15H2,1H3,(H2,25,27)/t23-/m0/s1. The maximum Gasteiger partial charge on any atom is 0.232 e. The molecule has 3 N–H and O–H groups in total. The number of guanidine groups is 1. The Bertz CT molecular complexity index is 890. The van der Waals surface area contributed by atoms with Crippen LogP contribution >= 0.6 is 11.6 Å². The summed E-state index contributed by atoms with van der Waals surface area (Å²) in [6.45, 7) is 1.95. The number of carbonyl (C=O) groups excluding carboxylic acids is 1. The Hall–Kier alpha value is -2.53. The van der Waals surface area contributed by atoms with Crippen LogP contribution in [0.1, 0.15) is 51.0 Å². The minimum Gasteiger partial charge on any atom is -0.354 e. The maximum atomic E-state index is 13.1. The molecule has 2 aromatic carbocycles. The van der Waals surface area contributed by atoms with E-state index in [4.69, 9.17) is 17.0 Å². The summed E-state index contributed by atoms with van der Waals surface area (Å²) in [5.41, 5.74) is 1.83. The summed E-state index contributed by atoms with van der Waals surface area (Å²) in [5, 5.41) is 15.8. The summed E-state index contributed by atoms with van der Waals surface area (Å²) < 4.78 is 0. The summed E-state index contributed by atoms with van der Waals surface area (Å²) >= 11 is 6.76. The van der Waals surface area contributed by atoms with E-state index in [-0.39, 0.29) is 24.3 Å². The van der Waals surface area contributed by atoms with Gasteiger partial charge in [0.05, 0.1) is 22.7 Å². The van der Waals surface area contributed by atoms with Gasteiger partial charge in [0.1, 0.15) is 0 Å². The van der Waals surface area contributed by atoms with Crippen LogP contribution in [0.3, 0.4) is 0 Å². The van der Waals surface area contributed by atoms with Crippen LogP contribution < -0.4 is 10.6 Å². The van der Waals surface area contributed by atoms with Crippen LogP contribution in [-0.4, -0.2) is 22.8 Å². The quantitative estimate of drug-likeness (QED) is 0.633. The fourth-order valence-corrected chi connectivity index (χ4v) is 4.88. The average Bonchev–Trinajstić information content (AvgIpc) is 2.70. The molecule has 2 aliphatic rings. The van der Waals surface area contributed by atoms with E-state index < -0.39 is 5.54 Å². The van der Waals surface area contributed by atoms with Crippen LogP contribution in [0.4, 0.5) is 11.4 Å². The molecule has 0 unspecified atom stereocenters. The molecule has 29 heavy (non-hydrogen) atoms. The third-order valence-electron chi connectivity index (χ3n) is 5.99. The van der Waals surface area contributed by atoms with Gasteiger partial charge in [0.25, 0.3) is 0 Å². The molecular formula is C23H27ClN4O. The van der Waals surface area contributed by atoms with E-state index in [9.17, 15) is 4.79 Å². The van der Waals surface area contributed by atoms with Crippen molar-refractivity contribution in [3.63, 3.8) is 0 Å². The van der Waals surface area contributed by atoms with Gasteiger partial charge in [0, 0.05) is 11.7 Å². The minimum atomic E-state index is -0.717. The first-order valence-electron chi connectivity index (χ1n) is 10.3. The largest absolute Gasteiger partial charge is 0.354 e. The SMILES string of the molecule is C[C@@]1(c2cccc(Nc3ccccc3)c2Cl)CC(=O)N(C2CCCCC2)C(=N)N1. The van der Waals surface area contributed by atoms with Crippen LogP contribution in [0.5, 0.6) is 0 Å². The van der Waals surface area contributed by atoms with Crippen molar-refractivity contribution in [3.05, 3.63) is 59.1 Å². The van der Waals surface area contributed by atoms with Gasteiger partial charge >= 0.3 is 0 Å². The molecule has 0 aromatic heterocycles. The van der Waals surface area contributed by atoms with Crippen molar-refractivity contribution >= 4 is 34.8 Å². The summed E-state index contributed by atoms with van der Waals surface area (Å²) in [6.07, 6.45) is 5.69. The fraction of sp³-hybridized carbons (Fsp3) is 0.391. The lowest BCUT2D eigenvalue weighted by atomic mass is 9.84. The van der Waals surface area contributed by atoms with Crippen molar-refractivity contribution in [2.75, 3.05) is 5.32 Å². The van der Waals surface area contributed by atoms with Crippen LogP contribution in [0.2, 0.25) is 5.02 Å². The Balaban J connectivity index is 1.59. The molecule has 1 saturated heterocycles. The number of anilines is 2. The minimum absolute atomic E-state index is 0.000591. The van der Waals surface area contributed by atoms with Crippen molar-refractivity contribution in [1.29, 1.82) is 5.41 Å². The van der Waals surface area contributed by atoms with E-state index in [1.165, 1.54) is 6.42 Å². The molecule has 1 aliphatic heterocycles. The third kappa shape index (κ3) is 3.97. The van der Waals surface area contributed by atoms with Crippen molar-refractivity contribution in [2.45, 2.75) is 57.0 Å². The van der Waals surface area contributed by atoms with E-state index in [1.807, 2.05) is 55.5 Å². The zero-order valence-electron chi connectivity index (χ0n) is 16.7. The molecule has 5 nitrogen and oxygen atoms in total.